The Morgan fingerprint density at radius 3 is 2.43 bits per heavy atom. The maximum atomic E-state index is 13.1. The molecule has 1 saturated carbocycles. The number of carbonyl (C=O) groups is 2. The van der Waals surface area contributed by atoms with Crippen LogP contribution in [-0.4, -0.2) is 71.9 Å². The number of amides is 2. The molecule has 3 rings (SSSR count). The van der Waals surface area contributed by atoms with Crippen LogP contribution in [0.4, 0.5) is 5.82 Å². The van der Waals surface area contributed by atoms with Crippen molar-refractivity contribution in [1.29, 1.82) is 0 Å². The molecular formula is C21H33N5O2. The first-order valence-electron chi connectivity index (χ1n) is 10.5. The van der Waals surface area contributed by atoms with E-state index in [9.17, 15) is 9.59 Å². The SMILES string of the molecule is CC(=O)N1CCN(C(=O)C2CCCCC2)CC(Cc2cc(N(C)C)ncn2)C1. The Kier molecular flexibility index (Phi) is 6.86. The predicted molar refractivity (Wildman–Crippen MR) is 109 cm³/mol. The zero-order chi connectivity index (χ0) is 20.1. The number of aromatic nitrogens is 2. The van der Waals surface area contributed by atoms with Crippen LogP contribution < -0.4 is 4.90 Å². The van der Waals surface area contributed by atoms with Gasteiger partial charge < -0.3 is 14.7 Å². The first-order chi connectivity index (χ1) is 13.4. The molecule has 0 N–H and O–H groups in total. The molecule has 0 bridgehead atoms. The van der Waals surface area contributed by atoms with Gasteiger partial charge in [0.2, 0.25) is 11.8 Å². The van der Waals surface area contributed by atoms with Crippen molar-refractivity contribution in [3.8, 4) is 0 Å². The summed E-state index contributed by atoms with van der Waals surface area (Å²) < 4.78 is 0. The van der Waals surface area contributed by atoms with E-state index in [0.717, 1.165) is 43.6 Å². The van der Waals surface area contributed by atoms with Crippen molar-refractivity contribution >= 4 is 17.6 Å². The third-order valence-corrected chi connectivity index (χ3v) is 5.97. The summed E-state index contributed by atoms with van der Waals surface area (Å²) in [4.78, 5) is 39.7. The third-order valence-electron chi connectivity index (χ3n) is 5.97. The van der Waals surface area contributed by atoms with Gasteiger partial charge in [-0.1, -0.05) is 19.3 Å². The van der Waals surface area contributed by atoms with Crippen LogP contribution in [0.15, 0.2) is 12.4 Å². The van der Waals surface area contributed by atoms with Crippen LogP contribution in [0.25, 0.3) is 0 Å². The molecule has 1 aliphatic heterocycles. The number of nitrogens with zero attached hydrogens (tertiary/aromatic N) is 5. The van der Waals surface area contributed by atoms with E-state index in [1.165, 1.54) is 6.42 Å². The van der Waals surface area contributed by atoms with Crippen LogP contribution >= 0.6 is 0 Å². The summed E-state index contributed by atoms with van der Waals surface area (Å²) in [5, 5.41) is 0. The standard InChI is InChI=1S/C21H33N5O2/c1-16(27)25-9-10-26(21(28)18-7-5-4-6-8-18)14-17(13-25)11-19-12-20(24(2)3)23-15-22-19/h12,15,17-18H,4-11,13-14H2,1-3H3. The summed E-state index contributed by atoms with van der Waals surface area (Å²) in [5.74, 6) is 1.58. The number of hydrogen-bond acceptors (Lipinski definition) is 5. The van der Waals surface area contributed by atoms with Gasteiger partial charge in [-0.15, -0.1) is 0 Å². The highest BCUT2D eigenvalue weighted by Gasteiger charge is 2.31. The zero-order valence-electron chi connectivity index (χ0n) is 17.4. The summed E-state index contributed by atoms with van der Waals surface area (Å²) in [6, 6.07) is 2.00. The molecule has 1 saturated heterocycles. The van der Waals surface area contributed by atoms with Gasteiger partial charge in [0.15, 0.2) is 0 Å². The second-order valence-corrected chi connectivity index (χ2v) is 8.42. The largest absolute Gasteiger partial charge is 0.363 e. The minimum Gasteiger partial charge on any atom is -0.363 e. The molecule has 2 fully saturated rings. The molecule has 2 aliphatic rings. The van der Waals surface area contributed by atoms with E-state index in [1.807, 2.05) is 34.9 Å². The quantitative estimate of drug-likeness (QED) is 0.790. The van der Waals surface area contributed by atoms with Crippen molar-refractivity contribution in [3.05, 3.63) is 18.1 Å². The highest BCUT2D eigenvalue weighted by Crippen LogP contribution is 2.27. The molecule has 1 atom stereocenters. The smallest absolute Gasteiger partial charge is 0.225 e. The van der Waals surface area contributed by atoms with E-state index >= 15 is 0 Å². The molecule has 0 spiro atoms. The lowest BCUT2D eigenvalue weighted by molar-refractivity contribution is -0.137. The minimum absolute atomic E-state index is 0.0774. The van der Waals surface area contributed by atoms with E-state index in [1.54, 1.807) is 13.3 Å². The molecule has 1 aliphatic carbocycles. The Hall–Kier alpha value is -2.18. The number of carbonyl (C=O) groups excluding carboxylic acids is 2. The van der Waals surface area contributed by atoms with Crippen LogP contribution in [0.2, 0.25) is 0 Å². The lowest BCUT2D eigenvalue weighted by Gasteiger charge is -2.30. The highest BCUT2D eigenvalue weighted by atomic mass is 16.2. The van der Waals surface area contributed by atoms with Crippen LogP contribution in [0.1, 0.15) is 44.7 Å². The summed E-state index contributed by atoms with van der Waals surface area (Å²) in [6.07, 6.45) is 7.90. The lowest BCUT2D eigenvalue weighted by Crippen LogP contribution is -2.41. The lowest BCUT2D eigenvalue weighted by atomic mass is 9.88. The Morgan fingerprint density at radius 2 is 1.75 bits per heavy atom. The fourth-order valence-electron chi connectivity index (χ4n) is 4.37. The molecule has 1 unspecified atom stereocenters. The molecule has 0 radical (unpaired) electrons. The maximum Gasteiger partial charge on any atom is 0.225 e. The monoisotopic (exact) mass is 387 g/mol. The van der Waals surface area contributed by atoms with Gasteiger partial charge in [-0.2, -0.15) is 0 Å². The number of rotatable bonds is 4. The summed E-state index contributed by atoms with van der Waals surface area (Å²) >= 11 is 0. The number of hydrogen-bond donors (Lipinski definition) is 0. The second kappa shape index (κ2) is 9.34. The van der Waals surface area contributed by atoms with Crippen molar-refractivity contribution in [3.63, 3.8) is 0 Å². The number of anilines is 1. The fraction of sp³-hybridized carbons (Fsp3) is 0.714. The Balaban J connectivity index is 1.74. The predicted octanol–water partition coefficient (Wildman–Crippen LogP) is 1.97. The zero-order valence-corrected chi connectivity index (χ0v) is 17.4. The topological polar surface area (TPSA) is 69.6 Å². The molecule has 28 heavy (non-hydrogen) atoms. The molecule has 1 aromatic rings. The van der Waals surface area contributed by atoms with Gasteiger partial charge >= 0.3 is 0 Å². The van der Waals surface area contributed by atoms with Gasteiger partial charge in [0.1, 0.15) is 12.1 Å². The van der Waals surface area contributed by atoms with Crippen molar-refractivity contribution in [2.24, 2.45) is 11.8 Å². The Labute approximate surface area is 168 Å². The molecule has 0 aromatic carbocycles. The van der Waals surface area contributed by atoms with E-state index in [4.69, 9.17) is 0 Å². The molecular weight excluding hydrogens is 354 g/mol. The summed E-state index contributed by atoms with van der Waals surface area (Å²) in [7, 11) is 3.92. The minimum atomic E-state index is 0.0774. The normalized spacial score (nSPS) is 21.3. The van der Waals surface area contributed by atoms with Gasteiger partial charge in [-0.25, -0.2) is 9.97 Å². The molecule has 2 amide bonds. The van der Waals surface area contributed by atoms with E-state index in [-0.39, 0.29) is 23.7 Å². The van der Waals surface area contributed by atoms with Crippen LogP contribution in [0.5, 0.6) is 0 Å². The molecule has 1 aromatic heterocycles. The maximum absolute atomic E-state index is 13.1. The molecule has 7 nitrogen and oxygen atoms in total. The Morgan fingerprint density at radius 1 is 1.07 bits per heavy atom. The second-order valence-electron chi connectivity index (χ2n) is 8.42. The average Bonchev–Trinajstić information content (AvgIpc) is 2.91. The fourth-order valence-corrected chi connectivity index (χ4v) is 4.37. The molecule has 154 valence electrons. The first kappa shape index (κ1) is 20.6. The van der Waals surface area contributed by atoms with Crippen LogP contribution in [0.3, 0.4) is 0 Å². The third kappa shape index (κ3) is 5.20. The van der Waals surface area contributed by atoms with Gasteiger partial charge in [0.25, 0.3) is 0 Å². The average molecular weight is 388 g/mol. The van der Waals surface area contributed by atoms with Gasteiger partial charge in [0.05, 0.1) is 0 Å². The van der Waals surface area contributed by atoms with Crippen LogP contribution in [-0.2, 0) is 16.0 Å². The summed E-state index contributed by atoms with van der Waals surface area (Å²) in [5.41, 5.74) is 0.958. The first-order valence-corrected chi connectivity index (χ1v) is 10.5. The van der Waals surface area contributed by atoms with Crippen molar-refractivity contribution in [1.82, 2.24) is 19.8 Å². The van der Waals surface area contributed by atoms with E-state index in [2.05, 4.69) is 9.97 Å². The van der Waals surface area contributed by atoms with E-state index in [0.29, 0.717) is 26.2 Å². The van der Waals surface area contributed by atoms with Gasteiger partial charge in [0, 0.05) is 64.9 Å². The van der Waals surface area contributed by atoms with Crippen molar-refractivity contribution in [2.45, 2.75) is 45.4 Å². The highest BCUT2D eigenvalue weighted by molar-refractivity contribution is 5.79. The van der Waals surface area contributed by atoms with Gasteiger partial charge in [-0.3, -0.25) is 9.59 Å². The van der Waals surface area contributed by atoms with Crippen molar-refractivity contribution in [2.75, 3.05) is 45.2 Å². The Bertz CT molecular complexity index is 687. The van der Waals surface area contributed by atoms with Crippen molar-refractivity contribution < 1.29 is 9.59 Å². The van der Waals surface area contributed by atoms with Crippen LogP contribution in [0, 0.1) is 11.8 Å². The summed E-state index contributed by atoms with van der Waals surface area (Å²) in [6.45, 7) is 4.24. The van der Waals surface area contributed by atoms with Gasteiger partial charge in [-0.05, 0) is 25.2 Å². The van der Waals surface area contributed by atoms with E-state index < -0.39 is 0 Å². The molecule has 2 heterocycles. The molecule has 7 heteroatoms.